The first-order chi connectivity index (χ1) is 19.1. The van der Waals surface area contributed by atoms with E-state index in [2.05, 4.69) is 20.7 Å². The molecule has 0 atom stereocenters. The average Bonchev–Trinajstić information content (AvgIpc) is 3.37. The van der Waals surface area contributed by atoms with E-state index in [1.165, 1.54) is 0 Å². The van der Waals surface area contributed by atoms with Crippen molar-refractivity contribution in [1.29, 1.82) is 0 Å². The van der Waals surface area contributed by atoms with Crippen LogP contribution < -0.4 is 10.6 Å². The molecule has 2 aromatic heterocycles. The Morgan fingerprint density at radius 3 is 2.58 bits per heavy atom. The van der Waals surface area contributed by atoms with Gasteiger partial charge in [0, 0.05) is 24.0 Å². The van der Waals surface area contributed by atoms with Crippen molar-refractivity contribution < 1.29 is 23.9 Å². The summed E-state index contributed by atoms with van der Waals surface area (Å²) in [5, 5.41) is 10.3. The first-order valence-electron chi connectivity index (χ1n) is 13.1. The van der Waals surface area contributed by atoms with E-state index in [4.69, 9.17) is 9.47 Å². The van der Waals surface area contributed by atoms with Crippen LogP contribution in [0, 0.1) is 0 Å². The number of amides is 2. The zero-order valence-electron chi connectivity index (χ0n) is 23.1. The van der Waals surface area contributed by atoms with Gasteiger partial charge in [-0.2, -0.15) is 0 Å². The molecule has 0 aliphatic carbocycles. The molecular weight excluding hydrogens is 510 g/mol. The van der Waals surface area contributed by atoms with E-state index in [9.17, 15) is 14.4 Å². The summed E-state index contributed by atoms with van der Waals surface area (Å²) in [6.45, 7) is 7.87. The van der Waals surface area contributed by atoms with Gasteiger partial charge in [-0.05, 0) is 69.5 Å². The number of hydrogen-bond donors (Lipinski definition) is 2. The van der Waals surface area contributed by atoms with Crippen LogP contribution in [0.15, 0.2) is 66.9 Å². The molecule has 10 heteroatoms. The van der Waals surface area contributed by atoms with Crippen molar-refractivity contribution in [3.05, 3.63) is 83.7 Å². The Balaban J connectivity index is 1.54. The lowest BCUT2D eigenvalue weighted by atomic mass is 10.1. The summed E-state index contributed by atoms with van der Waals surface area (Å²) in [4.78, 5) is 42.1. The number of rotatable bonds is 9. The molecule has 0 spiro atoms. The third-order valence-corrected chi connectivity index (χ3v) is 5.78. The molecule has 208 valence electrons. The van der Waals surface area contributed by atoms with Gasteiger partial charge in [0.2, 0.25) is 0 Å². The minimum Gasteiger partial charge on any atom is -0.466 e. The smallest absolute Gasteiger partial charge is 0.407 e. The lowest BCUT2D eigenvalue weighted by Gasteiger charge is -2.19. The summed E-state index contributed by atoms with van der Waals surface area (Å²) in [6.07, 6.45) is 1.89. The monoisotopic (exact) mass is 543 g/mol. The van der Waals surface area contributed by atoms with Crippen molar-refractivity contribution in [3.63, 3.8) is 0 Å². The Kier molecular flexibility index (Phi) is 8.78. The topological polar surface area (TPSA) is 124 Å². The van der Waals surface area contributed by atoms with Crippen LogP contribution in [0.4, 0.5) is 10.5 Å². The van der Waals surface area contributed by atoms with Crippen molar-refractivity contribution in [2.75, 3.05) is 18.5 Å². The normalized spacial score (nSPS) is 11.2. The molecule has 4 rings (SSSR count). The highest BCUT2D eigenvalue weighted by molar-refractivity contribution is 6.08. The van der Waals surface area contributed by atoms with Gasteiger partial charge >= 0.3 is 12.1 Å². The van der Waals surface area contributed by atoms with Gasteiger partial charge in [-0.3, -0.25) is 9.59 Å². The molecule has 0 bridgehead atoms. The second kappa shape index (κ2) is 12.4. The van der Waals surface area contributed by atoms with Gasteiger partial charge in [0.05, 0.1) is 18.5 Å². The molecule has 4 aromatic rings. The molecule has 2 aromatic carbocycles. The number of esters is 1. The van der Waals surface area contributed by atoms with Crippen LogP contribution in [0.3, 0.4) is 0 Å². The fourth-order valence-electron chi connectivity index (χ4n) is 4.06. The van der Waals surface area contributed by atoms with Crippen LogP contribution in [-0.4, -0.2) is 51.3 Å². The van der Waals surface area contributed by atoms with Crippen molar-refractivity contribution >= 4 is 29.2 Å². The number of benzene rings is 2. The van der Waals surface area contributed by atoms with Gasteiger partial charge in [-0.15, -0.1) is 5.10 Å². The van der Waals surface area contributed by atoms with Crippen LogP contribution in [0.2, 0.25) is 0 Å². The number of nitrogens with one attached hydrogen (secondary N) is 2. The number of fused-ring (bicyclic) bond motifs is 1. The molecule has 2 N–H and O–H groups in total. The second-order valence-corrected chi connectivity index (χ2v) is 10.1. The summed E-state index contributed by atoms with van der Waals surface area (Å²) in [7, 11) is 0. The van der Waals surface area contributed by atoms with E-state index in [0.29, 0.717) is 35.6 Å². The summed E-state index contributed by atoms with van der Waals surface area (Å²) < 4.78 is 12.0. The van der Waals surface area contributed by atoms with Crippen molar-refractivity contribution in [2.45, 2.75) is 46.1 Å². The predicted molar refractivity (Wildman–Crippen MR) is 151 cm³/mol. The van der Waals surface area contributed by atoms with Crippen LogP contribution >= 0.6 is 0 Å². The summed E-state index contributed by atoms with van der Waals surface area (Å²) >= 11 is 0. The molecule has 0 unspecified atom stereocenters. The highest BCUT2D eigenvalue weighted by Crippen LogP contribution is 2.22. The number of carbonyl (C=O) groups is 3. The number of hydrogen-bond acceptors (Lipinski definition) is 7. The van der Waals surface area contributed by atoms with E-state index in [0.717, 1.165) is 11.1 Å². The lowest BCUT2D eigenvalue weighted by Crippen LogP contribution is -2.33. The van der Waals surface area contributed by atoms with E-state index >= 15 is 0 Å². The molecule has 0 radical (unpaired) electrons. The number of aromatic nitrogens is 3. The van der Waals surface area contributed by atoms with Crippen LogP contribution in [0.5, 0.6) is 0 Å². The van der Waals surface area contributed by atoms with Crippen LogP contribution in [0.25, 0.3) is 16.9 Å². The van der Waals surface area contributed by atoms with E-state index in [-0.39, 0.29) is 24.7 Å². The standard InChI is InChI=1S/C30H33N5O5/c1-5-39-25(36)19-21-11-6-7-13-23(21)32-28(37)26-24-14-9-17-35(24)34-27(33-26)22-12-8-10-20(18-22)15-16-31-29(38)40-30(2,3)4/h6-14,17-18H,5,15-16,19H2,1-4H3,(H,31,38)(H,32,37). The average molecular weight is 544 g/mol. The van der Waals surface area contributed by atoms with Gasteiger partial charge < -0.3 is 20.1 Å². The highest BCUT2D eigenvalue weighted by atomic mass is 16.6. The van der Waals surface area contributed by atoms with Gasteiger partial charge in [0.15, 0.2) is 11.5 Å². The highest BCUT2D eigenvalue weighted by Gasteiger charge is 2.19. The molecule has 40 heavy (non-hydrogen) atoms. The van der Waals surface area contributed by atoms with Crippen LogP contribution in [0.1, 0.15) is 49.3 Å². The van der Waals surface area contributed by atoms with Gasteiger partial charge in [0.1, 0.15) is 5.60 Å². The first kappa shape index (κ1) is 28.3. The Morgan fingerprint density at radius 1 is 1.00 bits per heavy atom. The summed E-state index contributed by atoms with van der Waals surface area (Å²) in [5.41, 5.74) is 3.00. The third kappa shape index (κ3) is 7.43. The Labute approximate surface area is 232 Å². The number of carbonyl (C=O) groups excluding carboxylic acids is 3. The number of ether oxygens (including phenoxy) is 2. The number of nitrogens with zero attached hydrogens (tertiary/aromatic N) is 3. The molecule has 0 aliphatic rings. The summed E-state index contributed by atoms with van der Waals surface area (Å²) in [5.74, 6) is -0.430. The van der Waals surface area contributed by atoms with Crippen LogP contribution in [-0.2, 0) is 27.1 Å². The van der Waals surface area contributed by atoms with E-state index in [1.54, 1.807) is 54.0 Å². The van der Waals surface area contributed by atoms with Crippen molar-refractivity contribution in [1.82, 2.24) is 19.9 Å². The third-order valence-electron chi connectivity index (χ3n) is 5.78. The molecule has 0 saturated heterocycles. The SMILES string of the molecule is CCOC(=O)Cc1ccccc1NC(=O)c1nc(-c2cccc(CCNC(=O)OC(C)(C)C)c2)nn2cccc12. The molecule has 0 saturated carbocycles. The van der Waals surface area contributed by atoms with E-state index in [1.807, 2.05) is 45.0 Å². The number of alkyl carbamates (subject to hydrolysis) is 1. The largest absolute Gasteiger partial charge is 0.466 e. The fraction of sp³-hybridized carbons (Fsp3) is 0.300. The molecule has 0 fully saturated rings. The van der Waals surface area contributed by atoms with Gasteiger partial charge in [0.25, 0.3) is 5.91 Å². The lowest BCUT2D eigenvalue weighted by molar-refractivity contribution is -0.142. The van der Waals surface area contributed by atoms with Crippen molar-refractivity contribution in [3.8, 4) is 11.4 Å². The van der Waals surface area contributed by atoms with E-state index < -0.39 is 17.6 Å². The molecule has 10 nitrogen and oxygen atoms in total. The number of anilines is 1. The fourth-order valence-corrected chi connectivity index (χ4v) is 4.06. The van der Waals surface area contributed by atoms with Gasteiger partial charge in [-0.1, -0.05) is 36.4 Å². The molecule has 2 amide bonds. The Morgan fingerprint density at radius 2 is 1.80 bits per heavy atom. The maximum atomic E-state index is 13.5. The quantitative estimate of drug-likeness (QED) is 0.290. The first-order valence-corrected chi connectivity index (χ1v) is 13.1. The second-order valence-electron chi connectivity index (χ2n) is 10.1. The summed E-state index contributed by atoms with van der Waals surface area (Å²) in [6, 6.07) is 18.3. The Hall–Kier alpha value is -4.73. The minimum atomic E-state index is -0.564. The van der Waals surface area contributed by atoms with Gasteiger partial charge in [-0.25, -0.2) is 14.3 Å². The zero-order chi connectivity index (χ0) is 28.7. The van der Waals surface area contributed by atoms with Crippen molar-refractivity contribution in [2.24, 2.45) is 0 Å². The molecule has 2 heterocycles. The molecule has 0 aliphatic heterocycles. The maximum Gasteiger partial charge on any atom is 0.407 e. The minimum absolute atomic E-state index is 0.0371. The zero-order valence-corrected chi connectivity index (χ0v) is 23.1. The number of para-hydroxylation sites is 1. The predicted octanol–water partition coefficient (Wildman–Crippen LogP) is 4.82. The maximum absolute atomic E-state index is 13.5. The Bertz CT molecular complexity index is 1520. The molecular formula is C30H33N5O5.